The van der Waals surface area contributed by atoms with Crippen molar-refractivity contribution in [1.82, 2.24) is 0 Å². The van der Waals surface area contributed by atoms with E-state index in [1.54, 1.807) is 0 Å². The Bertz CT molecular complexity index is 128. The Morgan fingerprint density at radius 3 is 1.82 bits per heavy atom. The summed E-state index contributed by atoms with van der Waals surface area (Å²) in [6.07, 6.45) is -4.05. The third-order valence-electron chi connectivity index (χ3n) is 1.33. The number of rotatable bonds is 4. The van der Waals surface area contributed by atoms with E-state index in [9.17, 15) is 2.85 Å². The van der Waals surface area contributed by atoms with Crippen molar-refractivity contribution in [2.45, 2.75) is 29.1 Å². The zero-order valence-electron chi connectivity index (χ0n) is 6.08. The molecule has 0 aliphatic carbocycles. The molecule has 0 radical (unpaired) electrons. The molecule has 0 spiro atoms. The van der Waals surface area contributed by atoms with E-state index >= 15 is 0 Å². The van der Waals surface area contributed by atoms with E-state index in [-0.39, 0.29) is 0 Å². The maximum absolute atomic E-state index is 10.2. The Balaban J connectivity index is 4.00. The fourth-order valence-electron chi connectivity index (χ4n) is 0.568. The van der Waals surface area contributed by atoms with Crippen molar-refractivity contribution in [3.8, 4) is 0 Å². The molecule has 6 heteroatoms. The van der Waals surface area contributed by atoms with Crippen LogP contribution in [0.3, 0.4) is 0 Å². The molecule has 0 aliphatic rings. The monoisotopic (exact) mass is 266 g/mol. The van der Waals surface area contributed by atoms with Crippen LogP contribution in [0.1, 0.15) is 6.92 Å². The van der Waals surface area contributed by atoms with Gasteiger partial charge in [-0.1, -0.05) is 0 Å². The summed E-state index contributed by atoms with van der Waals surface area (Å²) in [4.78, 5) is 0. The molecule has 4 N–H and O–H groups in total. The molecule has 4 atom stereocenters. The van der Waals surface area contributed by atoms with Gasteiger partial charge in [0, 0.05) is 0 Å². The normalized spacial score (nSPS) is 21.5. The Hall–Kier alpha value is 0.510. The molecule has 64 valence electrons. The molecule has 0 bridgehead atoms. The second-order valence-corrected chi connectivity index (χ2v) is 5.07. The summed E-state index contributed by atoms with van der Waals surface area (Å²) in [5, 5.41) is 35.4. The van der Waals surface area contributed by atoms with E-state index in [0.29, 0.717) is 0 Å². The first kappa shape index (κ1) is 11.5. The van der Waals surface area contributed by atoms with Crippen molar-refractivity contribution in [2.75, 3.05) is 0 Å². The quantitative estimate of drug-likeness (QED) is 0.449. The van der Waals surface area contributed by atoms with Crippen molar-refractivity contribution >= 4 is 22.9 Å². The van der Waals surface area contributed by atoms with Crippen LogP contribution in [0.4, 0.5) is 0 Å². The Labute approximate surface area is 75.5 Å². The molecule has 5 nitrogen and oxygen atoms in total. The van der Waals surface area contributed by atoms with Crippen molar-refractivity contribution in [3.05, 3.63) is 0 Å². The first-order valence-electron chi connectivity index (χ1n) is 3.18. The fraction of sp³-hybridized carbons (Fsp3) is 1.00. The third kappa shape index (κ3) is 3.62. The molecule has 0 aromatic carbocycles. The summed E-state index contributed by atoms with van der Waals surface area (Å²) in [5.41, 5.74) is 0. The van der Waals surface area contributed by atoms with Crippen molar-refractivity contribution in [1.29, 1.82) is 0 Å². The zero-order chi connectivity index (χ0) is 9.02. The standard InChI is InChI=1S/C5H11O4.In.O/c1-3(7)5(9)4(8)2-6;;/h2-9H,1H3;;/t3-,4-,5+;;/m0../s1. The number of hydrogen-bond donors (Lipinski definition) is 4. The van der Waals surface area contributed by atoms with Gasteiger partial charge in [0.15, 0.2) is 0 Å². The van der Waals surface area contributed by atoms with Gasteiger partial charge in [0.05, 0.1) is 0 Å². The van der Waals surface area contributed by atoms with Crippen LogP contribution in [0.2, 0.25) is 0 Å². The first-order valence-corrected chi connectivity index (χ1v) is 6.43. The average molecular weight is 266 g/mol. The van der Waals surface area contributed by atoms with E-state index in [1.807, 2.05) is 0 Å². The van der Waals surface area contributed by atoms with Crippen LogP contribution in [0, 0.1) is 0 Å². The minimum absolute atomic E-state index is 1.13. The summed E-state index contributed by atoms with van der Waals surface area (Å²) in [7, 11) is 0. The van der Waals surface area contributed by atoms with Crippen molar-refractivity contribution in [2.24, 2.45) is 0 Å². The number of aliphatic hydroxyl groups excluding tert-OH is 4. The summed E-state index contributed by atoms with van der Waals surface area (Å²) in [6, 6.07) is 0. The topological polar surface area (TPSA) is 98.0 Å². The number of hydrogen-bond acceptors (Lipinski definition) is 5. The molecule has 0 saturated carbocycles. The predicted molar refractivity (Wildman–Crippen MR) is 36.1 cm³/mol. The fourth-order valence-corrected chi connectivity index (χ4v) is 1.68. The van der Waals surface area contributed by atoms with E-state index in [2.05, 4.69) is 0 Å². The molecule has 0 fully saturated rings. The van der Waals surface area contributed by atoms with Crippen LogP contribution in [-0.2, 0) is 2.85 Å². The van der Waals surface area contributed by atoms with E-state index in [0.717, 1.165) is 0 Å². The van der Waals surface area contributed by atoms with E-state index in [4.69, 9.17) is 20.4 Å². The molecule has 0 amide bonds. The number of aliphatic hydroxyl groups is 4. The molecule has 0 unspecified atom stereocenters. The second kappa shape index (κ2) is 5.21. The van der Waals surface area contributed by atoms with Gasteiger partial charge in [0.25, 0.3) is 0 Å². The van der Waals surface area contributed by atoms with Gasteiger partial charge in [-0.05, 0) is 0 Å². The van der Waals surface area contributed by atoms with Gasteiger partial charge in [0.1, 0.15) is 0 Å². The summed E-state index contributed by atoms with van der Waals surface area (Å²) >= 11 is -2.40. The minimum atomic E-state index is -2.40. The van der Waals surface area contributed by atoms with Crippen molar-refractivity contribution < 1.29 is 23.3 Å². The maximum atomic E-state index is 10.2. The van der Waals surface area contributed by atoms with Gasteiger partial charge in [-0.2, -0.15) is 0 Å². The van der Waals surface area contributed by atoms with Crippen LogP contribution >= 0.6 is 0 Å². The van der Waals surface area contributed by atoms with Crippen LogP contribution < -0.4 is 0 Å². The molecule has 0 aromatic rings. The van der Waals surface area contributed by atoms with Crippen LogP contribution in [0.5, 0.6) is 0 Å². The third-order valence-corrected chi connectivity index (χ3v) is 3.25. The second-order valence-electron chi connectivity index (χ2n) is 2.35. The molecule has 0 saturated heterocycles. The van der Waals surface area contributed by atoms with Crippen molar-refractivity contribution in [3.63, 3.8) is 0 Å². The van der Waals surface area contributed by atoms with Gasteiger partial charge < -0.3 is 0 Å². The van der Waals surface area contributed by atoms with E-state index in [1.165, 1.54) is 6.92 Å². The van der Waals surface area contributed by atoms with Crippen LogP contribution in [0.25, 0.3) is 0 Å². The zero-order valence-corrected chi connectivity index (χ0v) is 9.38. The molecule has 0 rings (SSSR count). The molecule has 0 aromatic heterocycles. The molecular formula is C5H11InO5. The van der Waals surface area contributed by atoms with Gasteiger partial charge in [-0.25, -0.2) is 0 Å². The van der Waals surface area contributed by atoms with Crippen LogP contribution in [0.15, 0.2) is 0 Å². The summed E-state index contributed by atoms with van der Waals surface area (Å²) in [5.74, 6) is 0. The van der Waals surface area contributed by atoms with Crippen LogP contribution in [-0.4, -0.2) is 65.5 Å². The molecule has 11 heavy (non-hydrogen) atoms. The Morgan fingerprint density at radius 1 is 1.09 bits per heavy atom. The molecule has 0 aliphatic heterocycles. The predicted octanol–water partition coefficient (Wildman–Crippen LogP) is -2.54. The average Bonchev–Trinajstić information content (AvgIpc) is 2.00. The van der Waals surface area contributed by atoms with Gasteiger partial charge in [-0.15, -0.1) is 0 Å². The summed E-state index contributed by atoms with van der Waals surface area (Å²) in [6.45, 7) is 1.28. The van der Waals surface area contributed by atoms with Gasteiger partial charge >= 0.3 is 75.3 Å². The van der Waals surface area contributed by atoms with Gasteiger partial charge in [-0.3, -0.25) is 0 Å². The molecule has 0 heterocycles. The first-order chi connectivity index (χ1) is 5.00. The Morgan fingerprint density at radius 2 is 1.55 bits per heavy atom. The van der Waals surface area contributed by atoms with Gasteiger partial charge in [0.2, 0.25) is 0 Å². The molecular weight excluding hydrogens is 255 g/mol. The SMILES string of the molecule is C[C@H](O)[C@@H](O)[C@@H](O)[C@H](O)[In]=[O]. The summed E-state index contributed by atoms with van der Waals surface area (Å²) < 4.78 is 8.85. The Kier molecular flexibility index (Phi) is 5.45. The van der Waals surface area contributed by atoms with E-state index < -0.39 is 45.1 Å².